The zero-order chi connectivity index (χ0) is 13.9. The van der Waals surface area contributed by atoms with Gasteiger partial charge in [-0.2, -0.15) is 5.10 Å². The number of aromatic nitrogens is 2. The first-order chi connectivity index (χ1) is 8.24. The maximum Gasteiger partial charge on any atom is 0.148 e. The van der Waals surface area contributed by atoms with Gasteiger partial charge in [-0.05, 0) is 29.8 Å². The van der Waals surface area contributed by atoms with Gasteiger partial charge in [-0.1, -0.05) is 20.8 Å². The van der Waals surface area contributed by atoms with Crippen LogP contribution in [0.25, 0.3) is 0 Å². The molecular formula is C13H21BrN2OS. The number of thioether (sulfide) groups is 1. The molecule has 0 aliphatic rings. The Morgan fingerprint density at radius 3 is 2.56 bits per heavy atom. The number of rotatable bonds is 5. The van der Waals surface area contributed by atoms with Crippen LogP contribution in [0.2, 0.25) is 0 Å². The Morgan fingerprint density at radius 2 is 2.06 bits per heavy atom. The average molecular weight is 333 g/mol. The largest absolute Gasteiger partial charge is 0.298 e. The second-order valence-corrected chi connectivity index (χ2v) is 7.87. The minimum atomic E-state index is 0.133. The van der Waals surface area contributed by atoms with Crippen LogP contribution in [0.5, 0.6) is 0 Å². The van der Waals surface area contributed by atoms with E-state index in [4.69, 9.17) is 0 Å². The molecule has 0 aliphatic carbocycles. The minimum Gasteiger partial charge on any atom is -0.298 e. The summed E-state index contributed by atoms with van der Waals surface area (Å²) in [4.78, 5) is 12.0. The molecule has 1 aromatic heterocycles. The lowest BCUT2D eigenvalue weighted by Gasteiger charge is -2.16. The second kappa shape index (κ2) is 6.24. The number of halogens is 1. The molecule has 1 aromatic rings. The van der Waals surface area contributed by atoms with Crippen LogP contribution in [0.4, 0.5) is 0 Å². The lowest BCUT2D eigenvalue weighted by atomic mass is 10.2. The fourth-order valence-corrected chi connectivity index (χ4v) is 2.69. The molecule has 0 radical (unpaired) electrons. The fourth-order valence-electron chi connectivity index (χ4n) is 1.57. The fraction of sp³-hybridized carbons (Fsp3) is 0.692. The summed E-state index contributed by atoms with van der Waals surface area (Å²) in [6, 6.07) is 0. The normalized spacial score (nSPS) is 11.9. The van der Waals surface area contributed by atoms with Crippen LogP contribution in [0.3, 0.4) is 0 Å². The van der Waals surface area contributed by atoms with Crippen LogP contribution in [-0.2, 0) is 17.8 Å². The number of aryl methyl sites for hydroxylation is 2. The van der Waals surface area contributed by atoms with E-state index < -0.39 is 0 Å². The van der Waals surface area contributed by atoms with Gasteiger partial charge in [0, 0.05) is 11.3 Å². The molecule has 3 nitrogen and oxygen atoms in total. The van der Waals surface area contributed by atoms with Crippen LogP contribution < -0.4 is 0 Å². The molecule has 0 spiro atoms. The Hall–Kier alpha value is -0.290. The van der Waals surface area contributed by atoms with Gasteiger partial charge in [-0.25, -0.2) is 0 Å². The molecule has 0 aliphatic heterocycles. The monoisotopic (exact) mass is 332 g/mol. The van der Waals surface area contributed by atoms with Crippen molar-refractivity contribution >= 4 is 33.5 Å². The van der Waals surface area contributed by atoms with E-state index in [9.17, 15) is 4.79 Å². The SMILES string of the molecule is CCn1nc(C)c(Br)c1CC(=O)CSC(C)(C)C. The van der Waals surface area contributed by atoms with Crippen LogP contribution in [-0.4, -0.2) is 26.1 Å². The van der Waals surface area contributed by atoms with E-state index in [1.54, 1.807) is 11.8 Å². The number of hydrogen-bond acceptors (Lipinski definition) is 3. The highest BCUT2D eigenvalue weighted by molar-refractivity contribution is 9.10. The third-order valence-corrected chi connectivity index (χ3v) is 4.85. The maximum atomic E-state index is 12.0. The van der Waals surface area contributed by atoms with E-state index in [-0.39, 0.29) is 10.5 Å². The summed E-state index contributed by atoms with van der Waals surface area (Å²) in [7, 11) is 0. The third-order valence-electron chi connectivity index (χ3n) is 2.48. The molecule has 102 valence electrons. The van der Waals surface area contributed by atoms with Crippen molar-refractivity contribution in [3.05, 3.63) is 15.9 Å². The molecule has 0 atom stereocenters. The zero-order valence-electron chi connectivity index (χ0n) is 11.7. The maximum absolute atomic E-state index is 12.0. The predicted molar refractivity (Wildman–Crippen MR) is 81.3 cm³/mol. The summed E-state index contributed by atoms with van der Waals surface area (Å²) in [6.07, 6.45) is 0.457. The van der Waals surface area contributed by atoms with E-state index in [0.717, 1.165) is 22.4 Å². The summed E-state index contributed by atoms with van der Waals surface area (Å²) < 4.78 is 3.01. The summed E-state index contributed by atoms with van der Waals surface area (Å²) in [5.74, 6) is 0.814. The van der Waals surface area contributed by atoms with E-state index in [1.165, 1.54) is 0 Å². The molecular weight excluding hydrogens is 312 g/mol. The number of carbonyl (C=O) groups is 1. The van der Waals surface area contributed by atoms with Crippen molar-refractivity contribution in [3.8, 4) is 0 Å². The molecule has 0 unspecified atom stereocenters. The number of nitrogens with zero attached hydrogens (tertiary/aromatic N) is 2. The molecule has 0 bridgehead atoms. The third kappa shape index (κ3) is 4.43. The summed E-state index contributed by atoms with van der Waals surface area (Å²) >= 11 is 5.21. The van der Waals surface area contributed by atoms with Gasteiger partial charge >= 0.3 is 0 Å². The molecule has 0 N–H and O–H groups in total. The average Bonchev–Trinajstić information content (AvgIpc) is 2.53. The highest BCUT2D eigenvalue weighted by Gasteiger charge is 2.18. The number of Topliss-reactive ketones (excluding diaryl/α,β-unsaturated/α-hetero) is 1. The smallest absolute Gasteiger partial charge is 0.148 e. The topological polar surface area (TPSA) is 34.9 Å². The lowest BCUT2D eigenvalue weighted by Crippen LogP contribution is -2.16. The van der Waals surface area contributed by atoms with Gasteiger partial charge in [-0.3, -0.25) is 9.48 Å². The van der Waals surface area contributed by atoms with Crippen molar-refractivity contribution in [2.24, 2.45) is 0 Å². The van der Waals surface area contributed by atoms with E-state index in [1.807, 2.05) is 18.5 Å². The van der Waals surface area contributed by atoms with Gasteiger partial charge in [0.2, 0.25) is 0 Å². The Bertz CT molecular complexity index is 435. The Labute approximate surface area is 122 Å². The van der Waals surface area contributed by atoms with Gasteiger partial charge in [0.25, 0.3) is 0 Å². The first-order valence-corrected chi connectivity index (χ1v) is 7.90. The molecule has 5 heteroatoms. The molecule has 0 amide bonds. The Balaban J connectivity index is 2.70. The molecule has 0 aromatic carbocycles. The number of carbonyl (C=O) groups excluding carboxylic acids is 1. The first-order valence-electron chi connectivity index (χ1n) is 6.12. The lowest BCUT2D eigenvalue weighted by molar-refractivity contribution is -0.116. The van der Waals surface area contributed by atoms with Crippen LogP contribution in [0, 0.1) is 6.92 Å². The molecule has 0 saturated heterocycles. The molecule has 1 rings (SSSR count). The van der Waals surface area contributed by atoms with Crippen molar-refractivity contribution < 1.29 is 4.79 Å². The van der Waals surface area contributed by atoms with Crippen molar-refractivity contribution in [3.63, 3.8) is 0 Å². The molecule has 1 heterocycles. The number of hydrogen-bond donors (Lipinski definition) is 0. The first kappa shape index (κ1) is 15.8. The van der Waals surface area contributed by atoms with Crippen LogP contribution >= 0.6 is 27.7 Å². The van der Waals surface area contributed by atoms with Gasteiger partial charge in [0.15, 0.2) is 0 Å². The van der Waals surface area contributed by atoms with E-state index >= 15 is 0 Å². The summed E-state index contributed by atoms with van der Waals surface area (Å²) in [6.45, 7) is 11.2. The van der Waals surface area contributed by atoms with Crippen molar-refractivity contribution in [2.75, 3.05) is 5.75 Å². The van der Waals surface area contributed by atoms with Gasteiger partial charge in [0.05, 0.1) is 28.0 Å². The van der Waals surface area contributed by atoms with Crippen LogP contribution in [0.15, 0.2) is 4.47 Å². The standard InChI is InChI=1S/C13H21BrN2OS/c1-6-16-11(12(14)9(2)15-16)7-10(17)8-18-13(3,4)5/h6-8H2,1-5H3. The second-order valence-electron chi connectivity index (χ2n) is 5.28. The summed E-state index contributed by atoms with van der Waals surface area (Å²) in [5, 5.41) is 4.40. The van der Waals surface area contributed by atoms with Crippen molar-refractivity contribution in [2.45, 2.75) is 52.3 Å². The highest BCUT2D eigenvalue weighted by atomic mass is 79.9. The van der Waals surface area contributed by atoms with Gasteiger partial charge in [-0.15, -0.1) is 11.8 Å². The molecule has 0 fully saturated rings. The number of ketones is 1. The predicted octanol–water partition coefficient (Wildman–Crippen LogP) is 3.62. The Morgan fingerprint density at radius 1 is 1.44 bits per heavy atom. The van der Waals surface area contributed by atoms with Gasteiger partial charge in [0.1, 0.15) is 5.78 Å². The molecule has 0 saturated carbocycles. The quantitative estimate of drug-likeness (QED) is 0.825. The van der Waals surface area contributed by atoms with Crippen molar-refractivity contribution in [1.29, 1.82) is 0 Å². The van der Waals surface area contributed by atoms with E-state index in [2.05, 4.69) is 41.8 Å². The highest BCUT2D eigenvalue weighted by Crippen LogP contribution is 2.25. The van der Waals surface area contributed by atoms with Gasteiger partial charge < -0.3 is 0 Å². The van der Waals surface area contributed by atoms with E-state index in [0.29, 0.717) is 12.2 Å². The minimum absolute atomic E-state index is 0.133. The van der Waals surface area contributed by atoms with Crippen LogP contribution in [0.1, 0.15) is 39.1 Å². The van der Waals surface area contributed by atoms with Crippen molar-refractivity contribution in [1.82, 2.24) is 9.78 Å². The summed E-state index contributed by atoms with van der Waals surface area (Å²) in [5.41, 5.74) is 1.94. The zero-order valence-corrected chi connectivity index (χ0v) is 14.1. The Kier molecular flexibility index (Phi) is 5.46. The molecule has 18 heavy (non-hydrogen) atoms.